The highest BCUT2D eigenvalue weighted by molar-refractivity contribution is 5.40. The number of halogens is 1. The number of aromatic nitrogens is 1. The minimum atomic E-state index is -0.552. The fourth-order valence-electron chi connectivity index (χ4n) is 1.99. The lowest BCUT2D eigenvalue weighted by Gasteiger charge is -2.19. The number of ether oxygens (including phenoxy) is 1. The van der Waals surface area contributed by atoms with E-state index >= 15 is 0 Å². The summed E-state index contributed by atoms with van der Waals surface area (Å²) in [5.74, 6) is 5.87. The molecule has 2 aromatic rings. The van der Waals surface area contributed by atoms with Gasteiger partial charge in [0.1, 0.15) is 11.6 Å². The maximum atomic E-state index is 13.9. The molecule has 0 spiro atoms. The van der Waals surface area contributed by atoms with Crippen molar-refractivity contribution < 1.29 is 9.13 Å². The Kier molecular flexibility index (Phi) is 5.03. The third-order valence-corrected chi connectivity index (χ3v) is 2.92. The molecule has 1 unspecified atom stereocenters. The Morgan fingerprint density at radius 3 is 2.80 bits per heavy atom. The third kappa shape index (κ3) is 3.12. The standard InChI is InChI=1S/C15H18FN3O/c1-2-10-20-13-8-4-3-6-11(13)14(19-17)15-12(16)7-5-9-18-15/h3-9,14,19H,2,10,17H2,1H3. The third-order valence-electron chi connectivity index (χ3n) is 2.92. The number of benzene rings is 1. The molecule has 0 fully saturated rings. The van der Waals surface area contributed by atoms with Gasteiger partial charge in [0.25, 0.3) is 0 Å². The molecule has 0 amide bonds. The summed E-state index contributed by atoms with van der Waals surface area (Å²) in [6.45, 7) is 2.62. The number of hydrogen-bond acceptors (Lipinski definition) is 4. The number of rotatable bonds is 6. The number of nitrogens with zero attached hydrogens (tertiary/aromatic N) is 1. The first-order valence-corrected chi connectivity index (χ1v) is 6.56. The number of hydrazine groups is 1. The van der Waals surface area contributed by atoms with Gasteiger partial charge >= 0.3 is 0 Å². The van der Waals surface area contributed by atoms with Gasteiger partial charge in [0.15, 0.2) is 0 Å². The van der Waals surface area contributed by atoms with Gasteiger partial charge in [-0.2, -0.15) is 0 Å². The molecule has 2 rings (SSSR count). The molecular formula is C15H18FN3O. The molecule has 1 atom stereocenters. The van der Waals surface area contributed by atoms with Gasteiger partial charge in [0, 0.05) is 11.8 Å². The van der Waals surface area contributed by atoms with E-state index < -0.39 is 11.9 Å². The molecule has 0 aliphatic heterocycles. The Morgan fingerprint density at radius 2 is 2.10 bits per heavy atom. The van der Waals surface area contributed by atoms with Crippen LogP contribution in [-0.4, -0.2) is 11.6 Å². The lowest BCUT2D eigenvalue weighted by Crippen LogP contribution is -2.30. The Morgan fingerprint density at radius 1 is 1.30 bits per heavy atom. The topological polar surface area (TPSA) is 60.2 Å². The van der Waals surface area contributed by atoms with Gasteiger partial charge < -0.3 is 4.74 Å². The van der Waals surface area contributed by atoms with Crippen LogP contribution in [0.4, 0.5) is 4.39 Å². The fraction of sp³-hybridized carbons (Fsp3) is 0.267. The highest BCUT2D eigenvalue weighted by Gasteiger charge is 2.21. The van der Waals surface area contributed by atoms with Crippen LogP contribution in [0.15, 0.2) is 42.6 Å². The van der Waals surface area contributed by atoms with Crippen LogP contribution in [0.5, 0.6) is 5.75 Å². The Balaban J connectivity index is 2.39. The van der Waals surface area contributed by atoms with Crippen molar-refractivity contribution in [2.24, 2.45) is 5.84 Å². The monoisotopic (exact) mass is 275 g/mol. The van der Waals surface area contributed by atoms with Crippen LogP contribution < -0.4 is 16.0 Å². The molecule has 1 aromatic carbocycles. The van der Waals surface area contributed by atoms with Gasteiger partial charge in [-0.1, -0.05) is 25.1 Å². The van der Waals surface area contributed by atoms with Crippen molar-refractivity contribution in [2.75, 3.05) is 6.61 Å². The van der Waals surface area contributed by atoms with E-state index in [1.807, 2.05) is 31.2 Å². The summed E-state index contributed by atoms with van der Waals surface area (Å²) in [6.07, 6.45) is 2.44. The van der Waals surface area contributed by atoms with Crippen molar-refractivity contribution in [1.29, 1.82) is 0 Å². The molecule has 106 valence electrons. The molecule has 0 aliphatic rings. The molecule has 0 saturated carbocycles. The Hall–Kier alpha value is -1.98. The van der Waals surface area contributed by atoms with E-state index in [0.717, 1.165) is 12.0 Å². The minimum absolute atomic E-state index is 0.252. The van der Waals surface area contributed by atoms with Crippen LogP contribution in [0.25, 0.3) is 0 Å². The number of hydrogen-bond donors (Lipinski definition) is 2. The summed E-state index contributed by atoms with van der Waals surface area (Å²) in [5, 5.41) is 0. The van der Waals surface area contributed by atoms with Crippen LogP contribution in [0.2, 0.25) is 0 Å². The largest absolute Gasteiger partial charge is 0.493 e. The molecule has 0 radical (unpaired) electrons. The van der Waals surface area contributed by atoms with E-state index in [1.165, 1.54) is 12.3 Å². The van der Waals surface area contributed by atoms with Crippen molar-refractivity contribution in [2.45, 2.75) is 19.4 Å². The highest BCUT2D eigenvalue weighted by Crippen LogP contribution is 2.29. The Labute approximate surface area is 117 Å². The number of pyridine rings is 1. The van der Waals surface area contributed by atoms with E-state index in [4.69, 9.17) is 10.6 Å². The second-order valence-corrected chi connectivity index (χ2v) is 4.36. The van der Waals surface area contributed by atoms with Crippen LogP contribution in [-0.2, 0) is 0 Å². The van der Waals surface area contributed by atoms with E-state index in [1.54, 1.807) is 6.07 Å². The van der Waals surface area contributed by atoms with Crippen molar-refractivity contribution in [3.63, 3.8) is 0 Å². The van der Waals surface area contributed by atoms with Gasteiger partial charge in [0.05, 0.1) is 18.3 Å². The van der Waals surface area contributed by atoms with Crippen molar-refractivity contribution in [3.05, 3.63) is 59.7 Å². The minimum Gasteiger partial charge on any atom is -0.493 e. The first-order chi connectivity index (χ1) is 9.77. The van der Waals surface area contributed by atoms with E-state index in [-0.39, 0.29) is 5.69 Å². The lowest BCUT2D eigenvalue weighted by molar-refractivity contribution is 0.311. The first-order valence-electron chi connectivity index (χ1n) is 6.56. The second kappa shape index (κ2) is 6.98. The summed E-state index contributed by atoms with van der Waals surface area (Å²) in [5.41, 5.74) is 3.63. The fourth-order valence-corrected chi connectivity index (χ4v) is 1.99. The van der Waals surface area contributed by atoms with Crippen LogP contribution >= 0.6 is 0 Å². The molecule has 20 heavy (non-hydrogen) atoms. The van der Waals surface area contributed by atoms with Gasteiger partial charge in [-0.05, 0) is 24.6 Å². The average Bonchev–Trinajstić information content (AvgIpc) is 2.49. The van der Waals surface area contributed by atoms with Crippen molar-refractivity contribution in [3.8, 4) is 5.75 Å². The Bertz CT molecular complexity index is 562. The smallest absolute Gasteiger partial charge is 0.146 e. The predicted octanol–water partition coefficient (Wildman–Crippen LogP) is 2.56. The predicted molar refractivity (Wildman–Crippen MR) is 75.6 cm³/mol. The van der Waals surface area contributed by atoms with Crippen LogP contribution in [0.3, 0.4) is 0 Å². The average molecular weight is 275 g/mol. The molecule has 4 nitrogen and oxygen atoms in total. The zero-order chi connectivity index (χ0) is 14.4. The van der Waals surface area contributed by atoms with Crippen LogP contribution in [0, 0.1) is 5.82 Å². The number of para-hydroxylation sites is 1. The SMILES string of the molecule is CCCOc1ccccc1C(NN)c1ncccc1F. The molecule has 0 bridgehead atoms. The maximum absolute atomic E-state index is 13.9. The molecule has 0 saturated heterocycles. The zero-order valence-electron chi connectivity index (χ0n) is 11.3. The quantitative estimate of drug-likeness (QED) is 0.628. The molecule has 1 aromatic heterocycles. The summed E-state index contributed by atoms with van der Waals surface area (Å²) in [7, 11) is 0. The summed E-state index contributed by atoms with van der Waals surface area (Å²) in [4.78, 5) is 4.07. The molecule has 1 heterocycles. The first kappa shape index (κ1) is 14.4. The molecular weight excluding hydrogens is 257 g/mol. The zero-order valence-corrected chi connectivity index (χ0v) is 11.3. The molecule has 3 N–H and O–H groups in total. The van der Waals surface area contributed by atoms with Crippen LogP contribution in [0.1, 0.15) is 30.6 Å². The van der Waals surface area contributed by atoms with Gasteiger partial charge in [0.2, 0.25) is 0 Å². The number of nitrogens with one attached hydrogen (secondary N) is 1. The number of nitrogens with two attached hydrogens (primary N) is 1. The van der Waals surface area contributed by atoms with E-state index in [9.17, 15) is 4.39 Å². The van der Waals surface area contributed by atoms with Gasteiger partial charge in [-0.3, -0.25) is 10.8 Å². The normalized spacial score (nSPS) is 12.2. The second-order valence-electron chi connectivity index (χ2n) is 4.36. The van der Waals surface area contributed by atoms with Gasteiger partial charge in [-0.25, -0.2) is 9.82 Å². The maximum Gasteiger partial charge on any atom is 0.146 e. The molecule has 5 heteroatoms. The van der Waals surface area contributed by atoms with E-state index in [0.29, 0.717) is 12.4 Å². The van der Waals surface area contributed by atoms with Crippen molar-refractivity contribution >= 4 is 0 Å². The molecule has 0 aliphatic carbocycles. The summed E-state index contributed by atoms with van der Waals surface area (Å²) in [6, 6.07) is 9.79. The summed E-state index contributed by atoms with van der Waals surface area (Å²) < 4.78 is 19.6. The summed E-state index contributed by atoms with van der Waals surface area (Å²) >= 11 is 0. The highest BCUT2D eigenvalue weighted by atomic mass is 19.1. The van der Waals surface area contributed by atoms with Gasteiger partial charge in [-0.15, -0.1) is 0 Å². The lowest BCUT2D eigenvalue weighted by atomic mass is 10.0. The van der Waals surface area contributed by atoms with E-state index in [2.05, 4.69) is 10.4 Å². The van der Waals surface area contributed by atoms with Crippen molar-refractivity contribution in [1.82, 2.24) is 10.4 Å².